The minimum Gasteiger partial charge on any atom is -0.351 e. The first-order chi connectivity index (χ1) is 12.4. The Morgan fingerprint density at radius 3 is 2.62 bits per heavy atom. The molecule has 0 saturated carbocycles. The van der Waals surface area contributed by atoms with Crippen LogP contribution in [-0.4, -0.2) is 40.1 Å². The third-order valence-corrected chi connectivity index (χ3v) is 4.09. The van der Waals surface area contributed by atoms with Gasteiger partial charge in [0.15, 0.2) is 5.65 Å². The second kappa shape index (κ2) is 8.75. The zero-order valence-electron chi connectivity index (χ0n) is 15.8. The predicted molar refractivity (Wildman–Crippen MR) is 102 cm³/mol. The summed E-state index contributed by atoms with van der Waals surface area (Å²) in [5.41, 5.74) is 0.0994. The van der Waals surface area contributed by atoms with E-state index in [1.54, 1.807) is 6.07 Å². The van der Waals surface area contributed by atoms with Gasteiger partial charge in [0.05, 0.1) is 10.9 Å². The Morgan fingerprint density at radius 2 is 2.00 bits per heavy atom. The summed E-state index contributed by atoms with van der Waals surface area (Å²) >= 11 is 0. The van der Waals surface area contributed by atoms with Crippen LogP contribution in [0, 0.1) is 0 Å². The lowest BCUT2D eigenvalue weighted by atomic mass is 10.0. The van der Waals surface area contributed by atoms with Gasteiger partial charge in [-0.25, -0.2) is 9.78 Å². The van der Waals surface area contributed by atoms with Crippen LogP contribution in [0.2, 0.25) is 0 Å². The number of aryl methyl sites for hydroxylation is 1. The van der Waals surface area contributed by atoms with E-state index in [0.717, 1.165) is 6.54 Å². The second-order valence-corrected chi connectivity index (χ2v) is 6.47. The van der Waals surface area contributed by atoms with Crippen molar-refractivity contribution in [1.29, 1.82) is 0 Å². The van der Waals surface area contributed by atoms with Gasteiger partial charge >= 0.3 is 5.69 Å². The van der Waals surface area contributed by atoms with Crippen molar-refractivity contribution in [1.82, 2.24) is 25.2 Å². The number of rotatable bonds is 8. The van der Waals surface area contributed by atoms with Crippen LogP contribution >= 0.6 is 0 Å². The lowest BCUT2D eigenvalue weighted by Crippen LogP contribution is -2.35. The fourth-order valence-corrected chi connectivity index (χ4v) is 2.74. The summed E-state index contributed by atoms with van der Waals surface area (Å²) in [5, 5.41) is 6.10. The molecule has 26 heavy (non-hydrogen) atoms. The van der Waals surface area contributed by atoms with Gasteiger partial charge in [-0.2, -0.15) is 0 Å². The monoisotopic (exact) mass is 361 g/mol. The molecule has 2 rings (SSSR count). The summed E-state index contributed by atoms with van der Waals surface area (Å²) in [4.78, 5) is 44.2. The third kappa shape index (κ3) is 4.19. The van der Waals surface area contributed by atoms with E-state index in [4.69, 9.17) is 0 Å². The van der Waals surface area contributed by atoms with Crippen LogP contribution in [0.3, 0.4) is 0 Å². The minimum absolute atomic E-state index is 0.0529. The molecule has 2 aromatic rings. The average molecular weight is 361 g/mol. The first kappa shape index (κ1) is 19.8. The molecule has 1 amide bonds. The molecule has 0 bridgehead atoms. The molecule has 0 fully saturated rings. The molecule has 0 atom stereocenters. The highest BCUT2D eigenvalue weighted by Gasteiger charge is 2.20. The van der Waals surface area contributed by atoms with E-state index in [2.05, 4.69) is 20.6 Å². The number of H-pyrrole nitrogens is 1. The van der Waals surface area contributed by atoms with Crippen molar-refractivity contribution < 1.29 is 4.79 Å². The van der Waals surface area contributed by atoms with Crippen molar-refractivity contribution in [2.75, 3.05) is 19.6 Å². The Kier molecular flexibility index (Phi) is 6.68. The first-order valence-electron chi connectivity index (χ1n) is 9.07. The molecule has 8 nitrogen and oxygen atoms in total. The zero-order chi connectivity index (χ0) is 19.3. The Hall–Kier alpha value is -2.48. The molecule has 8 heteroatoms. The summed E-state index contributed by atoms with van der Waals surface area (Å²) in [7, 11) is 0. The van der Waals surface area contributed by atoms with Crippen molar-refractivity contribution in [2.45, 2.75) is 46.6 Å². The highest BCUT2D eigenvalue weighted by molar-refractivity contribution is 6.05. The topological polar surface area (TPSA) is 109 Å². The first-order valence-corrected chi connectivity index (χ1v) is 9.07. The Balaban J connectivity index is 2.64. The van der Waals surface area contributed by atoms with E-state index in [1.807, 2.05) is 27.7 Å². The van der Waals surface area contributed by atoms with Gasteiger partial charge in [0.25, 0.3) is 11.5 Å². The molecular weight excluding hydrogens is 334 g/mol. The fraction of sp³-hybridized carbons (Fsp3) is 0.556. The number of aromatic nitrogens is 3. The van der Waals surface area contributed by atoms with Gasteiger partial charge in [-0.1, -0.05) is 27.7 Å². The maximum atomic E-state index is 12.7. The maximum absolute atomic E-state index is 12.7. The van der Waals surface area contributed by atoms with Crippen molar-refractivity contribution >= 4 is 16.9 Å². The van der Waals surface area contributed by atoms with Crippen LogP contribution in [0.25, 0.3) is 11.0 Å². The van der Waals surface area contributed by atoms with Crippen LogP contribution in [0.4, 0.5) is 0 Å². The third-order valence-electron chi connectivity index (χ3n) is 4.09. The molecular formula is C18H27N5O3. The van der Waals surface area contributed by atoms with E-state index < -0.39 is 11.2 Å². The predicted octanol–water partition coefficient (Wildman–Crippen LogP) is 0.958. The number of carbonyl (C=O) groups is 1. The average Bonchev–Trinajstić information content (AvgIpc) is 2.60. The van der Waals surface area contributed by atoms with E-state index in [1.165, 1.54) is 4.57 Å². The summed E-state index contributed by atoms with van der Waals surface area (Å²) < 4.78 is 1.43. The second-order valence-electron chi connectivity index (χ2n) is 6.47. The molecule has 3 N–H and O–H groups in total. The van der Waals surface area contributed by atoms with E-state index in [0.29, 0.717) is 31.7 Å². The molecule has 0 saturated heterocycles. The molecule has 0 unspecified atom stereocenters. The molecule has 0 aliphatic rings. The number of carbonyl (C=O) groups excluding carboxylic acids is 1. The van der Waals surface area contributed by atoms with Gasteiger partial charge in [0.2, 0.25) is 0 Å². The molecule has 0 spiro atoms. The van der Waals surface area contributed by atoms with Crippen molar-refractivity contribution in [3.8, 4) is 0 Å². The molecule has 2 heterocycles. The highest BCUT2D eigenvalue weighted by atomic mass is 16.2. The molecule has 0 radical (unpaired) electrons. The van der Waals surface area contributed by atoms with Crippen LogP contribution in [0.1, 0.15) is 56.1 Å². The number of fused-ring (bicyclic) bond motifs is 1. The normalized spacial score (nSPS) is 11.3. The lowest BCUT2D eigenvalue weighted by Gasteiger charge is -2.14. The van der Waals surface area contributed by atoms with Gasteiger partial charge < -0.3 is 10.6 Å². The van der Waals surface area contributed by atoms with E-state index >= 15 is 0 Å². The largest absolute Gasteiger partial charge is 0.351 e. The van der Waals surface area contributed by atoms with Gasteiger partial charge in [-0.05, 0) is 24.9 Å². The van der Waals surface area contributed by atoms with Gasteiger partial charge in [-0.15, -0.1) is 0 Å². The summed E-state index contributed by atoms with van der Waals surface area (Å²) in [6.07, 6.45) is 0.707. The van der Waals surface area contributed by atoms with Crippen molar-refractivity contribution in [2.24, 2.45) is 0 Å². The molecule has 142 valence electrons. The van der Waals surface area contributed by atoms with E-state index in [9.17, 15) is 14.4 Å². The van der Waals surface area contributed by atoms with Crippen LogP contribution in [0.15, 0.2) is 15.7 Å². The van der Waals surface area contributed by atoms with E-state index in [-0.39, 0.29) is 28.4 Å². The Bertz CT molecular complexity index is 898. The maximum Gasteiger partial charge on any atom is 0.329 e. The Labute approximate surface area is 152 Å². The number of amides is 1. The van der Waals surface area contributed by atoms with Gasteiger partial charge in [0.1, 0.15) is 0 Å². The van der Waals surface area contributed by atoms with Crippen molar-refractivity contribution in [3.05, 3.63) is 38.2 Å². The highest BCUT2D eigenvalue weighted by Crippen LogP contribution is 2.19. The summed E-state index contributed by atoms with van der Waals surface area (Å²) in [5.74, 6) is -0.290. The van der Waals surface area contributed by atoms with Crippen LogP contribution < -0.4 is 21.9 Å². The number of nitrogens with zero attached hydrogens (tertiary/aromatic N) is 2. The zero-order valence-corrected chi connectivity index (χ0v) is 15.8. The molecule has 0 aliphatic heterocycles. The molecule has 0 aliphatic carbocycles. The molecule has 2 aromatic heterocycles. The number of nitrogens with one attached hydrogen (secondary N) is 3. The van der Waals surface area contributed by atoms with Crippen molar-refractivity contribution in [3.63, 3.8) is 0 Å². The smallest absolute Gasteiger partial charge is 0.329 e. The van der Waals surface area contributed by atoms with Crippen LogP contribution in [-0.2, 0) is 6.54 Å². The minimum atomic E-state index is -0.586. The fourth-order valence-electron chi connectivity index (χ4n) is 2.74. The van der Waals surface area contributed by atoms with Crippen LogP contribution in [0.5, 0.6) is 0 Å². The number of hydrogen-bond acceptors (Lipinski definition) is 5. The summed E-state index contributed by atoms with van der Waals surface area (Å²) in [6.45, 7) is 10.1. The SMILES string of the molecule is CCCn1c(=O)[nH]c(=O)c2c(C(=O)NCCNCC)cc(C(C)C)nc21. The molecule has 0 aromatic carbocycles. The van der Waals surface area contributed by atoms with Gasteiger partial charge in [0, 0.05) is 25.3 Å². The number of aromatic amines is 1. The quantitative estimate of drug-likeness (QED) is 0.607. The summed E-state index contributed by atoms with van der Waals surface area (Å²) in [6, 6.07) is 1.64. The van der Waals surface area contributed by atoms with Gasteiger partial charge in [-0.3, -0.25) is 19.1 Å². The lowest BCUT2D eigenvalue weighted by molar-refractivity contribution is 0.0955. The number of likely N-dealkylation sites (N-methyl/N-ethyl adjacent to an activating group) is 1. The standard InChI is InChI=1S/C18H27N5O3/c1-5-9-23-15-14(17(25)22-18(23)26)12(10-13(21-15)11(3)4)16(24)20-8-7-19-6-2/h10-11,19H,5-9H2,1-4H3,(H,20,24)(H,22,25,26). The Morgan fingerprint density at radius 1 is 1.27 bits per heavy atom. The number of pyridine rings is 1. The number of hydrogen-bond donors (Lipinski definition) is 3.